The Labute approximate surface area is 98.2 Å². The van der Waals surface area contributed by atoms with Gasteiger partial charge >= 0.3 is 5.88 Å². The molecule has 0 fully saturated rings. The summed E-state index contributed by atoms with van der Waals surface area (Å²) in [5.74, 6) is 0.308. The summed E-state index contributed by atoms with van der Waals surface area (Å²) in [7, 11) is 0. The van der Waals surface area contributed by atoms with Gasteiger partial charge in [-0.25, -0.2) is 0 Å². The number of nitrogens with zero attached hydrogens (tertiary/aromatic N) is 1. The Morgan fingerprint density at radius 3 is 2.53 bits per heavy atom. The molecule has 0 amide bonds. The van der Waals surface area contributed by atoms with E-state index in [0.29, 0.717) is 12.3 Å². The maximum Gasteiger partial charge on any atom is 0.433 e. The molecule has 0 atom stereocenters. The van der Waals surface area contributed by atoms with Gasteiger partial charge in [0, 0.05) is 5.69 Å². The van der Waals surface area contributed by atoms with Crippen molar-refractivity contribution in [1.82, 2.24) is 0 Å². The van der Waals surface area contributed by atoms with Crippen LogP contribution in [0.5, 0.6) is 0 Å². The Balaban J connectivity index is 1.97. The molecule has 0 saturated heterocycles. The van der Waals surface area contributed by atoms with E-state index in [1.807, 2.05) is 31.2 Å². The predicted octanol–water partition coefficient (Wildman–Crippen LogP) is 3.11. The Kier molecular flexibility index (Phi) is 3.09. The lowest BCUT2D eigenvalue weighted by Crippen LogP contribution is -1.97. The average Bonchev–Trinajstić information content (AvgIpc) is 2.77. The zero-order chi connectivity index (χ0) is 12.3. The third-order valence-electron chi connectivity index (χ3n) is 2.35. The van der Waals surface area contributed by atoms with E-state index >= 15 is 0 Å². The van der Waals surface area contributed by atoms with Gasteiger partial charge in [0.1, 0.15) is 10.7 Å². The molecule has 5 heteroatoms. The topological polar surface area (TPSA) is 68.3 Å². The van der Waals surface area contributed by atoms with Crippen molar-refractivity contribution >= 4 is 11.6 Å². The minimum atomic E-state index is -0.546. The smallest absolute Gasteiger partial charge is 0.404 e. The quantitative estimate of drug-likeness (QED) is 0.649. The van der Waals surface area contributed by atoms with Gasteiger partial charge in [0.25, 0.3) is 0 Å². The summed E-state index contributed by atoms with van der Waals surface area (Å²) < 4.78 is 5.03. The minimum Gasteiger partial charge on any atom is -0.404 e. The molecule has 2 aromatic rings. The van der Waals surface area contributed by atoms with Gasteiger partial charge in [0.15, 0.2) is 0 Å². The molecule has 1 N–H and O–H groups in total. The second-order valence-electron chi connectivity index (χ2n) is 3.72. The third kappa shape index (κ3) is 2.84. The summed E-state index contributed by atoms with van der Waals surface area (Å²) in [6.45, 7) is 2.44. The average molecular weight is 232 g/mol. The van der Waals surface area contributed by atoms with E-state index < -0.39 is 4.92 Å². The van der Waals surface area contributed by atoms with Crippen molar-refractivity contribution in [3.8, 4) is 0 Å². The van der Waals surface area contributed by atoms with Gasteiger partial charge in [0.2, 0.25) is 0 Å². The van der Waals surface area contributed by atoms with Gasteiger partial charge in [-0.2, -0.15) is 0 Å². The Morgan fingerprint density at radius 2 is 1.94 bits per heavy atom. The molecule has 0 radical (unpaired) electrons. The third-order valence-corrected chi connectivity index (χ3v) is 2.35. The van der Waals surface area contributed by atoms with Gasteiger partial charge in [0.05, 0.1) is 12.6 Å². The molecule has 2 rings (SSSR count). The van der Waals surface area contributed by atoms with Crippen LogP contribution in [0.3, 0.4) is 0 Å². The molecule has 1 heterocycles. The van der Waals surface area contributed by atoms with E-state index in [2.05, 4.69) is 5.32 Å². The summed E-state index contributed by atoms with van der Waals surface area (Å²) in [6.07, 6.45) is 0. The van der Waals surface area contributed by atoms with Crippen molar-refractivity contribution in [1.29, 1.82) is 0 Å². The minimum absolute atomic E-state index is 0.231. The lowest BCUT2D eigenvalue weighted by molar-refractivity contribution is -0.402. The number of hydrogen-bond acceptors (Lipinski definition) is 4. The van der Waals surface area contributed by atoms with E-state index in [0.717, 1.165) is 5.69 Å². The molecular formula is C12H12N2O3. The number of benzene rings is 1. The highest BCUT2D eigenvalue weighted by Crippen LogP contribution is 2.17. The number of nitrogens with one attached hydrogen (secondary N) is 1. The maximum atomic E-state index is 10.4. The summed E-state index contributed by atoms with van der Waals surface area (Å²) in [4.78, 5) is 9.87. The number of anilines is 1. The normalized spacial score (nSPS) is 10.2. The van der Waals surface area contributed by atoms with Crippen LogP contribution in [0.15, 0.2) is 40.8 Å². The zero-order valence-corrected chi connectivity index (χ0v) is 9.34. The number of hydrogen-bond donors (Lipinski definition) is 1. The van der Waals surface area contributed by atoms with Crippen LogP contribution in [-0.4, -0.2) is 4.92 Å². The molecule has 88 valence electrons. The largest absolute Gasteiger partial charge is 0.433 e. The predicted molar refractivity (Wildman–Crippen MR) is 63.9 cm³/mol. The van der Waals surface area contributed by atoms with Crippen molar-refractivity contribution in [3.05, 3.63) is 57.8 Å². The summed E-state index contributed by atoms with van der Waals surface area (Å²) in [6, 6.07) is 10.8. The van der Waals surface area contributed by atoms with Crippen LogP contribution in [0.25, 0.3) is 0 Å². The molecule has 0 aliphatic carbocycles. The Morgan fingerprint density at radius 1 is 1.24 bits per heavy atom. The van der Waals surface area contributed by atoms with Crippen LogP contribution >= 0.6 is 0 Å². The van der Waals surface area contributed by atoms with Gasteiger partial charge < -0.3 is 9.73 Å². The highest BCUT2D eigenvalue weighted by atomic mass is 16.6. The standard InChI is InChI=1S/C12H12N2O3/c1-9-2-4-10(5-3-9)13-8-11-6-7-12(17-11)14(15)16/h2-7,13H,8H2,1H3. The summed E-state index contributed by atoms with van der Waals surface area (Å²) in [5.41, 5.74) is 2.14. The molecule has 0 unspecified atom stereocenters. The highest BCUT2D eigenvalue weighted by molar-refractivity contribution is 5.44. The van der Waals surface area contributed by atoms with Crippen molar-refractivity contribution in [2.75, 3.05) is 5.32 Å². The molecule has 0 spiro atoms. The second-order valence-corrected chi connectivity index (χ2v) is 3.72. The monoisotopic (exact) mass is 232 g/mol. The molecule has 0 saturated carbocycles. The molecule has 1 aromatic heterocycles. The first-order chi connectivity index (χ1) is 8.15. The van der Waals surface area contributed by atoms with Crippen molar-refractivity contribution in [2.45, 2.75) is 13.5 Å². The van der Waals surface area contributed by atoms with Crippen molar-refractivity contribution in [3.63, 3.8) is 0 Å². The molecule has 0 bridgehead atoms. The fraction of sp³-hybridized carbons (Fsp3) is 0.167. The number of aryl methyl sites for hydroxylation is 1. The molecule has 17 heavy (non-hydrogen) atoms. The highest BCUT2D eigenvalue weighted by Gasteiger charge is 2.11. The van der Waals surface area contributed by atoms with Gasteiger partial charge in [-0.05, 0) is 25.1 Å². The molecule has 0 aliphatic heterocycles. The molecule has 5 nitrogen and oxygen atoms in total. The van der Waals surface area contributed by atoms with E-state index in [9.17, 15) is 10.1 Å². The number of nitro groups is 1. The first-order valence-corrected chi connectivity index (χ1v) is 5.19. The van der Waals surface area contributed by atoms with Gasteiger partial charge in [-0.1, -0.05) is 17.7 Å². The van der Waals surface area contributed by atoms with Crippen LogP contribution < -0.4 is 5.32 Å². The van der Waals surface area contributed by atoms with Gasteiger partial charge in [-0.3, -0.25) is 10.1 Å². The fourth-order valence-corrected chi connectivity index (χ4v) is 1.42. The zero-order valence-electron chi connectivity index (χ0n) is 9.34. The first kappa shape index (κ1) is 11.2. The SMILES string of the molecule is Cc1ccc(NCc2ccc([N+](=O)[O-])o2)cc1. The van der Waals surface area contributed by atoms with Crippen molar-refractivity contribution in [2.24, 2.45) is 0 Å². The summed E-state index contributed by atoms with van der Waals surface area (Å²) >= 11 is 0. The first-order valence-electron chi connectivity index (χ1n) is 5.19. The van der Waals surface area contributed by atoms with Crippen LogP contribution in [0.2, 0.25) is 0 Å². The van der Waals surface area contributed by atoms with Crippen LogP contribution in [0.1, 0.15) is 11.3 Å². The Hall–Kier alpha value is -2.30. The van der Waals surface area contributed by atoms with Crippen LogP contribution in [0.4, 0.5) is 11.6 Å². The van der Waals surface area contributed by atoms with E-state index in [4.69, 9.17) is 4.42 Å². The second kappa shape index (κ2) is 4.69. The molecular weight excluding hydrogens is 220 g/mol. The number of rotatable bonds is 4. The van der Waals surface area contributed by atoms with Crippen LogP contribution in [0, 0.1) is 17.0 Å². The molecule has 0 aliphatic rings. The lowest BCUT2D eigenvalue weighted by Gasteiger charge is -2.03. The van der Waals surface area contributed by atoms with E-state index in [1.54, 1.807) is 6.07 Å². The fourth-order valence-electron chi connectivity index (χ4n) is 1.42. The number of furan rings is 1. The van der Waals surface area contributed by atoms with Gasteiger partial charge in [-0.15, -0.1) is 0 Å². The van der Waals surface area contributed by atoms with E-state index in [-0.39, 0.29) is 5.88 Å². The van der Waals surface area contributed by atoms with Crippen molar-refractivity contribution < 1.29 is 9.34 Å². The van der Waals surface area contributed by atoms with Crippen LogP contribution in [-0.2, 0) is 6.54 Å². The Bertz CT molecular complexity index is 517. The summed E-state index contributed by atoms with van der Waals surface area (Å²) in [5, 5.41) is 13.5. The maximum absolute atomic E-state index is 10.4. The molecule has 1 aromatic carbocycles. The lowest BCUT2D eigenvalue weighted by atomic mass is 10.2. The van der Waals surface area contributed by atoms with E-state index in [1.165, 1.54) is 11.6 Å².